The van der Waals surface area contributed by atoms with Gasteiger partial charge in [0, 0.05) is 28.5 Å². The average molecular weight is 286 g/mol. The van der Waals surface area contributed by atoms with E-state index < -0.39 is 6.17 Å². The molecular formula is C18H14N4. The van der Waals surface area contributed by atoms with Crippen LogP contribution in [-0.4, -0.2) is 15.7 Å². The van der Waals surface area contributed by atoms with Crippen LogP contribution in [0.3, 0.4) is 0 Å². The van der Waals surface area contributed by atoms with Crippen molar-refractivity contribution in [2.24, 2.45) is 10.7 Å². The van der Waals surface area contributed by atoms with Gasteiger partial charge in [0.1, 0.15) is 12.5 Å². The van der Waals surface area contributed by atoms with Crippen molar-refractivity contribution in [3.63, 3.8) is 0 Å². The number of hydrogen-bond acceptors (Lipinski definition) is 4. The van der Waals surface area contributed by atoms with E-state index in [4.69, 9.17) is 10.7 Å². The summed E-state index contributed by atoms with van der Waals surface area (Å²) in [4.78, 5) is 13.3. The zero-order valence-corrected chi connectivity index (χ0v) is 11.8. The number of hydrogen-bond donors (Lipinski definition) is 1. The van der Waals surface area contributed by atoms with Crippen LogP contribution in [0.5, 0.6) is 0 Å². The van der Waals surface area contributed by atoms with Crippen molar-refractivity contribution in [1.82, 2.24) is 9.97 Å². The van der Waals surface area contributed by atoms with Crippen LogP contribution < -0.4 is 5.73 Å². The molecule has 2 aromatic carbocycles. The number of nitrogens with two attached hydrogens (primary N) is 1. The summed E-state index contributed by atoms with van der Waals surface area (Å²) in [5.74, 6) is 0. The molecule has 1 aliphatic heterocycles. The molecule has 2 N–H and O–H groups in total. The van der Waals surface area contributed by atoms with Crippen LogP contribution in [0.1, 0.15) is 22.9 Å². The lowest BCUT2D eigenvalue weighted by Crippen LogP contribution is -2.11. The van der Waals surface area contributed by atoms with Gasteiger partial charge in [-0.25, -0.2) is 9.97 Å². The Morgan fingerprint density at radius 1 is 0.864 bits per heavy atom. The predicted molar refractivity (Wildman–Crippen MR) is 86.5 cm³/mol. The Balaban J connectivity index is 2.03. The third kappa shape index (κ3) is 2.01. The van der Waals surface area contributed by atoms with Crippen LogP contribution in [0, 0.1) is 0 Å². The fourth-order valence-electron chi connectivity index (χ4n) is 2.78. The van der Waals surface area contributed by atoms with Gasteiger partial charge in [-0.15, -0.1) is 0 Å². The highest BCUT2D eigenvalue weighted by Gasteiger charge is 2.23. The van der Waals surface area contributed by atoms with E-state index in [2.05, 4.69) is 22.1 Å². The molecule has 0 saturated carbocycles. The molecular weight excluding hydrogens is 272 g/mol. The summed E-state index contributed by atoms with van der Waals surface area (Å²) in [5.41, 5.74) is 12.0. The Bertz CT molecular complexity index is 856. The Hall–Kier alpha value is -2.85. The van der Waals surface area contributed by atoms with Gasteiger partial charge in [-0.2, -0.15) is 0 Å². The minimum Gasteiger partial charge on any atom is -0.306 e. The third-order valence-electron chi connectivity index (χ3n) is 3.81. The van der Waals surface area contributed by atoms with Crippen LogP contribution in [-0.2, 0) is 0 Å². The van der Waals surface area contributed by atoms with E-state index in [1.165, 1.54) is 0 Å². The van der Waals surface area contributed by atoms with Gasteiger partial charge >= 0.3 is 0 Å². The second-order valence-electron chi connectivity index (χ2n) is 5.16. The summed E-state index contributed by atoms with van der Waals surface area (Å²) < 4.78 is 0. The normalized spacial score (nSPS) is 16.2. The van der Waals surface area contributed by atoms with E-state index in [-0.39, 0.29) is 0 Å². The van der Waals surface area contributed by atoms with Crippen molar-refractivity contribution in [3.05, 3.63) is 83.8 Å². The highest BCUT2D eigenvalue weighted by atomic mass is 15.0. The Kier molecular flexibility index (Phi) is 3.02. The molecule has 0 saturated heterocycles. The Labute approximate surface area is 128 Å². The number of nitrogens with zero attached hydrogens (tertiary/aromatic N) is 3. The molecule has 22 heavy (non-hydrogen) atoms. The fourth-order valence-corrected chi connectivity index (χ4v) is 2.78. The standard InChI is InChI=1S/C18H14N4/c19-18-15-10-20-11-21-17(15)14-9-5-4-8-13(14)16(22-18)12-6-2-1-3-7-12/h1-11,18H,19H2. The van der Waals surface area contributed by atoms with Crippen molar-refractivity contribution in [1.29, 1.82) is 0 Å². The van der Waals surface area contributed by atoms with Gasteiger partial charge in [0.15, 0.2) is 0 Å². The molecule has 3 aromatic rings. The minimum absolute atomic E-state index is 0.473. The van der Waals surface area contributed by atoms with Gasteiger partial charge in [-0.1, -0.05) is 54.6 Å². The quantitative estimate of drug-likeness (QED) is 0.748. The van der Waals surface area contributed by atoms with Crippen molar-refractivity contribution in [2.45, 2.75) is 6.17 Å². The molecule has 4 heteroatoms. The average Bonchev–Trinajstić information content (AvgIpc) is 2.72. The summed E-state index contributed by atoms with van der Waals surface area (Å²) in [7, 11) is 0. The Morgan fingerprint density at radius 3 is 2.41 bits per heavy atom. The second kappa shape index (κ2) is 5.16. The van der Waals surface area contributed by atoms with Gasteiger partial charge in [0.05, 0.1) is 11.4 Å². The first-order chi connectivity index (χ1) is 10.8. The molecule has 4 rings (SSSR count). The summed E-state index contributed by atoms with van der Waals surface area (Å²) >= 11 is 0. The molecule has 2 heterocycles. The topological polar surface area (TPSA) is 64.2 Å². The van der Waals surface area contributed by atoms with Crippen molar-refractivity contribution in [3.8, 4) is 11.3 Å². The maximum absolute atomic E-state index is 6.29. The second-order valence-corrected chi connectivity index (χ2v) is 5.16. The number of aliphatic imine (C=N–C) groups is 1. The van der Waals surface area contributed by atoms with Crippen LogP contribution in [0.25, 0.3) is 11.3 Å². The molecule has 1 aliphatic rings. The molecule has 0 amide bonds. The number of rotatable bonds is 1. The smallest absolute Gasteiger partial charge is 0.127 e. The SMILES string of the molecule is NC1N=C(c2ccccc2)c2ccccc2-c2ncncc21. The van der Waals surface area contributed by atoms with E-state index in [1.807, 2.05) is 42.5 Å². The first-order valence-electron chi connectivity index (χ1n) is 7.13. The summed E-state index contributed by atoms with van der Waals surface area (Å²) in [6.07, 6.45) is 2.83. The van der Waals surface area contributed by atoms with Gasteiger partial charge in [-0.05, 0) is 0 Å². The summed E-state index contributed by atoms with van der Waals surface area (Å²) in [6.45, 7) is 0. The molecule has 0 aliphatic carbocycles. The fraction of sp³-hybridized carbons (Fsp3) is 0.0556. The first-order valence-corrected chi connectivity index (χ1v) is 7.13. The molecule has 0 bridgehead atoms. The maximum atomic E-state index is 6.29. The first kappa shape index (κ1) is 12.9. The van der Waals surface area contributed by atoms with Crippen LogP contribution in [0.4, 0.5) is 0 Å². The van der Waals surface area contributed by atoms with Gasteiger partial charge < -0.3 is 5.73 Å². The molecule has 1 aromatic heterocycles. The lowest BCUT2D eigenvalue weighted by atomic mass is 9.95. The van der Waals surface area contributed by atoms with E-state index in [0.717, 1.165) is 33.7 Å². The van der Waals surface area contributed by atoms with Crippen molar-refractivity contribution < 1.29 is 0 Å². The maximum Gasteiger partial charge on any atom is 0.127 e. The monoisotopic (exact) mass is 286 g/mol. The van der Waals surface area contributed by atoms with E-state index in [1.54, 1.807) is 12.5 Å². The molecule has 1 unspecified atom stereocenters. The lowest BCUT2D eigenvalue weighted by Gasteiger charge is -2.09. The van der Waals surface area contributed by atoms with Gasteiger partial charge in [0.25, 0.3) is 0 Å². The van der Waals surface area contributed by atoms with E-state index >= 15 is 0 Å². The number of benzene rings is 2. The number of fused-ring (bicyclic) bond motifs is 3. The highest BCUT2D eigenvalue weighted by Crippen LogP contribution is 2.33. The molecule has 0 spiro atoms. The highest BCUT2D eigenvalue weighted by molar-refractivity contribution is 6.16. The van der Waals surface area contributed by atoms with Crippen molar-refractivity contribution >= 4 is 5.71 Å². The van der Waals surface area contributed by atoms with Crippen LogP contribution >= 0.6 is 0 Å². The molecule has 0 radical (unpaired) electrons. The summed E-state index contributed by atoms with van der Waals surface area (Å²) in [5, 5.41) is 0. The largest absolute Gasteiger partial charge is 0.306 e. The van der Waals surface area contributed by atoms with E-state index in [0.29, 0.717) is 0 Å². The zero-order chi connectivity index (χ0) is 14.9. The van der Waals surface area contributed by atoms with E-state index in [9.17, 15) is 0 Å². The summed E-state index contributed by atoms with van der Waals surface area (Å²) in [6, 6.07) is 18.2. The third-order valence-corrected chi connectivity index (χ3v) is 3.81. The van der Waals surface area contributed by atoms with Crippen molar-refractivity contribution in [2.75, 3.05) is 0 Å². The molecule has 0 fully saturated rings. The zero-order valence-electron chi connectivity index (χ0n) is 11.8. The van der Waals surface area contributed by atoms with Crippen LogP contribution in [0.15, 0.2) is 72.1 Å². The van der Waals surface area contributed by atoms with Gasteiger partial charge in [0.2, 0.25) is 0 Å². The number of aromatic nitrogens is 2. The molecule has 1 atom stereocenters. The van der Waals surface area contributed by atoms with Gasteiger partial charge in [-0.3, -0.25) is 4.99 Å². The predicted octanol–water partition coefficient (Wildman–Crippen LogP) is 2.95. The molecule has 4 nitrogen and oxygen atoms in total. The lowest BCUT2D eigenvalue weighted by molar-refractivity contribution is 0.770. The van der Waals surface area contributed by atoms with Crippen LogP contribution in [0.2, 0.25) is 0 Å². The minimum atomic E-state index is -0.473. The molecule has 106 valence electrons. The Morgan fingerprint density at radius 2 is 1.59 bits per heavy atom.